The molecule has 0 amide bonds. The van der Waals surface area contributed by atoms with Crippen LogP contribution >= 0.6 is 23.2 Å². The third-order valence-electron chi connectivity index (χ3n) is 3.38. The summed E-state index contributed by atoms with van der Waals surface area (Å²) >= 11 is 12.5. The van der Waals surface area contributed by atoms with Gasteiger partial charge in [-0.1, -0.05) is 24.3 Å². The van der Waals surface area contributed by atoms with Crippen LogP contribution in [0.5, 0.6) is 0 Å². The Kier molecular flexibility index (Phi) is 1.66. The molecule has 1 aromatic carbocycles. The Morgan fingerprint density at radius 3 is 1.85 bits per heavy atom. The maximum absolute atomic E-state index is 6.26. The van der Waals surface area contributed by atoms with E-state index in [0.717, 1.165) is 6.42 Å². The maximum Gasteiger partial charge on any atom is 0.0574 e. The summed E-state index contributed by atoms with van der Waals surface area (Å²) in [6, 6.07) is 8.56. The first kappa shape index (κ1) is 8.14. The molecule has 0 nitrogen and oxygen atoms in total. The first-order chi connectivity index (χ1) is 6.29. The highest BCUT2D eigenvalue weighted by Gasteiger charge is 2.49. The second-order valence-corrected chi connectivity index (χ2v) is 4.97. The van der Waals surface area contributed by atoms with Crippen LogP contribution in [-0.4, -0.2) is 10.8 Å². The molecule has 2 aliphatic carbocycles. The molecule has 68 valence electrons. The van der Waals surface area contributed by atoms with E-state index in [1.807, 2.05) is 0 Å². The van der Waals surface area contributed by atoms with Crippen molar-refractivity contribution in [1.29, 1.82) is 0 Å². The molecule has 4 atom stereocenters. The van der Waals surface area contributed by atoms with Crippen LogP contribution in [0.15, 0.2) is 24.3 Å². The minimum Gasteiger partial charge on any atom is -0.121 e. The number of rotatable bonds is 0. The molecule has 0 radical (unpaired) electrons. The second-order valence-electron chi connectivity index (χ2n) is 3.97. The average Bonchev–Trinajstić information content (AvgIpc) is 2.66. The molecular formula is C11H10Cl2. The number of fused-ring (bicyclic) bond motifs is 5. The highest BCUT2D eigenvalue weighted by molar-refractivity contribution is 6.31. The van der Waals surface area contributed by atoms with E-state index in [4.69, 9.17) is 23.2 Å². The Morgan fingerprint density at radius 1 is 0.923 bits per heavy atom. The summed E-state index contributed by atoms with van der Waals surface area (Å²) in [6.45, 7) is 0. The zero-order valence-electron chi connectivity index (χ0n) is 7.08. The van der Waals surface area contributed by atoms with Crippen molar-refractivity contribution in [3.05, 3.63) is 35.4 Å². The summed E-state index contributed by atoms with van der Waals surface area (Å²) in [5.41, 5.74) is 2.87. The Hall–Kier alpha value is -0.200. The van der Waals surface area contributed by atoms with Crippen LogP contribution in [-0.2, 0) is 0 Å². The van der Waals surface area contributed by atoms with Gasteiger partial charge in [-0.15, -0.1) is 23.2 Å². The minimum atomic E-state index is 0.140. The Bertz CT molecular complexity index is 315. The SMILES string of the molecule is ClC1C2CC(c3ccccc32)C1Cl. The van der Waals surface area contributed by atoms with E-state index in [1.54, 1.807) is 0 Å². The third-order valence-corrected chi connectivity index (χ3v) is 4.66. The van der Waals surface area contributed by atoms with Crippen LogP contribution < -0.4 is 0 Å². The highest BCUT2D eigenvalue weighted by atomic mass is 35.5. The van der Waals surface area contributed by atoms with Crippen LogP contribution in [0.2, 0.25) is 0 Å². The van der Waals surface area contributed by atoms with Crippen molar-refractivity contribution in [2.75, 3.05) is 0 Å². The van der Waals surface area contributed by atoms with E-state index in [0.29, 0.717) is 11.8 Å². The molecule has 1 aromatic rings. The number of hydrogen-bond acceptors (Lipinski definition) is 0. The molecule has 0 N–H and O–H groups in total. The fourth-order valence-electron chi connectivity index (χ4n) is 2.76. The molecular weight excluding hydrogens is 203 g/mol. The van der Waals surface area contributed by atoms with Gasteiger partial charge in [0.05, 0.1) is 10.8 Å². The molecule has 0 heterocycles. The molecule has 3 rings (SSSR count). The zero-order chi connectivity index (χ0) is 9.00. The van der Waals surface area contributed by atoms with Gasteiger partial charge < -0.3 is 0 Å². The van der Waals surface area contributed by atoms with Crippen molar-refractivity contribution in [2.45, 2.75) is 29.0 Å². The Morgan fingerprint density at radius 2 is 1.38 bits per heavy atom. The summed E-state index contributed by atoms with van der Waals surface area (Å²) in [5.74, 6) is 1.01. The van der Waals surface area contributed by atoms with Crippen molar-refractivity contribution < 1.29 is 0 Å². The molecule has 0 spiro atoms. The van der Waals surface area contributed by atoms with E-state index < -0.39 is 0 Å². The fraction of sp³-hybridized carbons (Fsp3) is 0.455. The van der Waals surface area contributed by atoms with Gasteiger partial charge in [-0.3, -0.25) is 0 Å². The van der Waals surface area contributed by atoms with Crippen LogP contribution in [0, 0.1) is 0 Å². The molecule has 2 bridgehead atoms. The number of halogens is 2. The summed E-state index contributed by atoms with van der Waals surface area (Å²) in [7, 11) is 0. The quantitative estimate of drug-likeness (QED) is 0.578. The molecule has 2 heteroatoms. The van der Waals surface area contributed by atoms with Crippen molar-refractivity contribution in [1.82, 2.24) is 0 Å². The van der Waals surface area contributed by atoms with Crippen LogP contribution in [0.25, 0.3) is 0 Å². The third kappa shape index (κ3) is 0.936. The molecule has 1 saturated carbocycles. The van der Waals surface area contributed by atoms with E-state index in [2.05, 4.69) is 24.3 Å². The lowest BCUT2D eigenvalue weighted by atomic mass is 9.91. The van der Waals surface area contributed by atoms with E-state index in [9.17, 15) is 0 Å². The van der Waals surface area contributed by atoms with Gasteiger partial charge in [0.25, 0.3) is 0 Å². The summed E-state index contributed by atoms with van der Waals surface area (Å²) < 4.78 is 0. The largest absolute Gasteiger partial charge is 0.121 e. The summed E-state index contributed by atoms with van der Waals surface area (Å²) in [5, 5.41) is 0.281. The lowest BCUT2D eigenvalue weighted by molar-refractivity contribution is 0.735. The molecule has 13 heavy (non-hydrogen) atoms. The van der Waals surface area contributed by atoms with Crippen molar-refractivity contribution >= 4 is 23.2 Å². The lowest BCUT2D eigenvalue weighted by Crippen LogP contribution is -2.22. The normalized spacial score (nSPS) is 40.8. The van der Waals surface area contributed by atoms with E-state index in [-0.39, 0.29) is 10.8 Å². The van der Waals surface area contributed by atoms with Gasteiger partial charge in [-0.05, 0) is 17.5 Å². The highest BCUT2D eigenvalue weighted by Crippen LogP contribution is 2.56. The number of hydrogen-bond donors (Lipinski definition) is 0. The molecule has 0 aromatic heterocycles. The zero-order valence-corrected chi connectivity index (χ0v) is 8.59. The van der Waals surface area contributed by atoms with Gasteiger partial charge in [-0.25, -0.2) is 0 Å². The topological polar surface area (TPSA) is 0 Å². The Labute approximate surface area is 87.9 Å². The number of alkyl halides is 2. The maximum atomic E-state index is 6.26. The molecule has 2 aliphatic rings. The second kappa shape index (κ2) is 2.65. The average molecular weight is 213 g/mol. The van der Waals surface area contributed by atoms with Gasteiger partial charge in [0, 0.05) is 11.8 Å². The van der Waals surface area contributed by atoms with Crippen LogP contribution in [0.4, 0.5) is 0 Å². The predicted molar refractivity (Wildman–Crippen MR) is 55.8 cm³/mol. The first-order valence-electron chi connectivity index (χ1n) is 4.66. The number of benzene rings is 1. The van der Waals surface area contributed by atoms with Gasteiger partial charge in [0.1, 0.15) is 0 Å². The predicted octanol–water partition coefficient (Wildman–Crippen LogP) is 3.49. The van der Waals surface area contributed by atoms with Gasteiger partial charge in [-0.2, -0.15) is 0 Å². The fourth-order valence-corrected chi connectivity index (χ4v) is 3.59. The minimum absolute atomic E-state index is 0.140. The molecule has 1 fully saturated rings. The summed E-state index contributed by atoms with van der Waals surface area (Å²) in [6.07, 6.45) is 1.15. The van der Waals surface area contributed by atoms with Crippen molar-refractivity contribution in [2.24, 2.45) is 0 Å². The lowest BCUT2D eigenvalue weighted by Gasteiger charge is -2.23. The van der Waals surface area contributed by atoms with Crippen molar-refractivity contribution in [3.63, 3.8) is 0 Å². The van der Waals surface area contributed by atoms with Crippen LogP contribution in [0.3, 0.4) is 0 Å². The van der Waals surface area contributed by atoms with E-state index in [1.165, 1.54) is 11.1 Å². The molecule has 0 saturated heterocycles. The summed E-state index contributed by atoms with van der Waals surface area (Å²) in [4.78, 5) is 0. The van der Waals surface area contributed by atoms with Gasteiger partial charge >= 0.3 is 0 Å². The van der Waals surface area contributed by atoms with E-state index >= 15 is 0 Å². The molecule has 4 unspecified atom stereocenters. The molecule has 0 aliphatic heterocycles. The smallest absolute Gasteiger partial charge is 0.0574 e. The van der Waals surface area contributed by atoms with Crippen molar-refractivity contribution in [3.8, 4) is 0 Å². The van der Waals surface area contributed by atoms with Gasteiger partial charge in [0.2, 0.25) is 0 Å². The standard InChI is InChI=1S/C11H10Cl2/c12-10-8-5-9(11(10)13)7-4-2-1-3-6(7)8/h1-4,8-11H,5H2. The van der Waals surface area contributed by atoms with Crippen LogP contribution in [0.1, 0.15) is 29.4 Å². The van der Waals surface area contributed by atoms with Gasteiger partial charge in [0.15, 0.2) is 0 Å². The first-order valence-corrected chi connectivity index (χ1v) is 5.53. The Balaban J connectivity index is 2.16. The monoisotopic (exact) mass is 212 g/mol.